The van der Waals surface area contributed by atoms with Gasteiger partial charge in [-0.3, -0.25) is 9.59 Å². The number of hydrogen-bond donors (Lipinski definition) is 0. The summed E-state index contributed by atoms with van der Waals surface area (Å²) in [6.07, 6.45) is 4.33. The van der Waals surface area contributed by atoms with Crippen molar-refractivity contribution in [1.82, 2.24) is 0 Å². The molecule has 320 valence electrons. The van der Waals surface area contributed by atoms with Crippen LogP contribution in [0.4, 0.5) is 13.2 Å². The second-order valence-corrected chi connectivity index (χ2v) is 20.2. The van der Waals surface area contributed by atoms with Crippen LogP contribution < -0.4 is 0 Å². The molecule has 3 saturated heterocycles. The summed E-state index contributed by atoms with van der Waals surface area (Å²) in [5, 5.41) is 0. The molecule has 20 heteroatoms. The SMILES string of the molecule is CC1(C)OB(B2OC(C)(C)C(C)(C)O2)OC1(C)C.CCOC(=O)[C@H]1[C@@H]2C=C(B3OC(C)(C)C(C)(C)O3)C[C@@H]21.CCOC(=O)[C@H]1[C@@H]2C=C(OS(=O)(=O)C(F)(F)F)C[C@@H]21. The molecule has 7 rings (SSSR count). The van der Waals surface area contributed by atoms with Crippen LogP contribution in [0, 0.1) is 35.5 Å². The lowest BCUT2D eigenvalue weighted by Crippen LogP contribution is -2.41. The van der Waals surface area contributed by atoms with Crippen molar-refractivity contribution in [3.05, 3.63) is 23.4 Å². The number of alkyl halides is 3. The zero-order valence-electron chi connectivity index (χ0n) is 35.5. The van der Waals surface area contributed by atoms with E-state index >= 15 is 0 Å². The molecule has 0 aromatic rings. The van der Waals surface area contributed by atoms with E-state index in [-0.39, 0.29) is 89.2 Å². The lowest BCUT2D eigenvalue weighted by Gasteiger charge is -2.32. The van der Waals surface area contributed by atoms with Crippen LogP contribution in [-0.4, -0.2) is 93.8 Å². The first kappa shape index (κ1) is 46.0. The van der Waals surface area contributed by atoms with E-state index < -0.39 is 35.6 Å². The van der Waals surface area contributed by atoms with Crippen molar-refractivity contribution in [2.45, 2.75) is 149 Å². The van der Waals surface area contributed by atoms with Gasteiger partial charge in [-0.15, -0.1) is 0 Å². The average molecular weight is 832 g/mol. The maximum atomic E-state index is 12.1. The lowest BCUT2D eigenvalue weighted by atomic mass is 9.49. The highest BCUT2D eigenvalue weighted by molar-refractivity contribution is 7.87. The summed E-state index contributed by atoms with van der Waals surface area (Å²) in [4.78, 5) is 23.1. The molecule has 0 amide bonds. The third-order valence-corrected chi connectivity index (χ3v) is 14.1. The van der Waals surface area contributed by atoms with Gasteiger partial charge in [-0.2, -0.15) is 21.6 Å². The van der Waals surface area contributed by atoms with E-state index in [2.05, 4.69) is 38.0 Å². The smallest absolute Gasteiger partial charge is 0.466 e. The molecule has 0 bridgehead atoms. The van der Waals surface area contributed by atoms with Gasteiger partial charge in [0.2, 0.25) is 0 Å². The number of hydrogen-bond acceptors (Lipinski definition) is 13. The highest BCUT2D eigenvalue weighted by Crippen LogP contribution is 2.59. The fourth-order valence-corrected chi connectivity index (χ4v) is 7.94. The highest BCUT2D eigenvalue weighted by Gasteiger charge is 2.65. The molecular formula is C37H58B3F3O13S. The predicted octanol–water partition coefficient (Wildman–Crippen LogP) is 6.19. The van der Waals surface area contributed by atoms with Gasteiger partial charge in [-0.05, 0) is 139 Å². The number of rotatable bonds is 8. The van der Waals surface area contributed by atoms with Gasteiger partial charge < -0.3 is 41.6 Å². The molecule has 13 nitrogen and oxygen atoms in total. The predicted molar refractivity (Wildman–Crippen MR) is 204 cm³/mol. The van der Waals surface area contributed by atoms with Crippen molar-refractivity contribution < 1.29 is 72.8 Å². The van der Waals surface area contributed by atoms with Gasteiger partial charge >= 0.3 is 48.7 Å². The Bertz CT molecular complexity index is 1660. The van der Waals surface area contributed by atoms with Gasteiger partial charge in [0.1, 0.15) is 5.76 Å². The minimum atomic E-state index is -5.62. The minimum Gasteiger partial charge on any atom is -0.466 e. The molecule has 0 aromatic heterocycles. The summed E-state index contributed by atoms with van der Waals surface area (Å²) in [7, 11) is -6.82. The van der Waals surface area contributed by atoms with Gasteiger partial charge in [0.25, 0.3) is 0 Å². The molecule has 3 heterocycles. The Hall–Kier alpha value is -2.09. The monoisotopic (exact) mass is 832 g/mol. The number of halogens is 3. The largest absolute Gasteiger partial charge is 0.534 e. The number of carbonyl (C=O) groups is 2. The van der Waals surface area contributed by atoms with Crippen molar-refractivity contribution in [3.63, 3.8) is 0 Å². The van der Waals surface area contributed by atoms with Gasteiger partial charge in [-0.25, -0.2) is 0 Å². The van der Waals surface area contributed by atoms with E-state index in [0.717, 1.165) is 6.42 Å². The van der Waals surface area contributed by atoms with Crippen LogP contribution in [0.2, 0.25) is 0 Å². The molecular weight excluding hydrogens is 774 g/mol. The summed E-state index contributed by atoms with van der Waals surface area (Å²) in [6.45, 7) is 28.6. The van der Waals surface area contributed by atoms with E-state index in [0.29, 0.717) is 18.4 Å². The van der Waals surface area contributed by atoms with Crippen LogP contribution in [-0.2, 0) is 61.3 Å². The van der Waals surface area contributed by atoms with Crippen molar-refractivity contribution in [1.29, 1.82) is 0 Å². The Morgan fingerprint density at radius 3 is 1.30 bits per heavy atom. The van der Waals surface area contributed by atoms with Crippen LogP contribution in [0.15, 0.2) is 23.4 Å². The second-order valence-electron chi connectivity index (χ2n) is 18.6. The van der Waals surface area contributed by atoms with E-state index in [1.807, 2.05) is 62.3 Å². The van der Waals surface area contributed by atoms with E-state index in [1.54, 1.807) is 6.92 Å². The van der Waals surface area contributed by atoms with E-state index in [4.69, 9.17) is 37.4 Å². The Balaban J connectivity index is 0.000000163. The summed E-state index contributed by atoms with van der Waals surface area (Å²) >= 11 is 0. The van der Waals surface area contributed by atoms with E-state index in [9.17, 15) is 31.2 Å². The first-order valence-electron chi connectivity index (χ1n) is 19.6. The lowest BCUT2D eigenvalue weighted by molar-refractivity contribution is -0.146. The number of ether oxygens (including phenoxy) is 2. The number of carbonyl (C=O) groups excluding carboxylic acids is 2. The number of esters is 2. The third-order valence-electron chi connectivity index (χ3n) is 13.1. The van der Waals surface area contributed by atoms with Gasteiger partial charge in [0, 0.05) is 6.42 Å². The molecule has 3 aliphatic heterocycles. The Kier molecular flexibility index (Phi) is 12.2. The topological polar surface area (TPSA) is 151 Å². The molecule has 57 heavy (non-hydrogen) atoms. The quantitative estimate of drug-likeness (QED) is 0.119. The standard InChI is InChI=1S/C15H23BO4.C12H24B2O4.C10H11F3O5S/c1-6-18-13(17)12-10-7-9(8-11(10)12)16-19-14(2,3)15(4,5)20-16;1-9(2)10(3,4)16-13(15-9)14-17-11(5,6)12(7,8)18-14;1-2-17-9(14)8-6-3-5(4-7(6)8)18-19(15,16)10(11,12)13/h7,10-12H,6,8H2,1-5H3;1-8H3;3,6-8H,2,4H2,1H3/t10-,11+,12+;;6-,7+,8+/m1.1/s1. The van der Waals surface area contributed by atoms with Gasteiger partial charge in [0.15, 0.2) is 0 Å². The maximum absolute atomic E-state index is 12.1. The van der Waals surface area contributed by atoms with Crippen LogP contribution in [0.5, 0.6) is 0 Å². The molecule has 4 aliphatic carbocycles. The zero-order valence-corrected chi connectivity index (χ0v) is 36.3. The summed E-state index contributed by atoms with van der Waals surface area (Å²) in [5.41, 5.74) is -6.29. The highest BCUT2D eigenvalue weighted by atomic mass is 32.2. The summed E-state index contributed by atoms with van der Waals surface area (Å²) < 4.78 is 108. The fraction of sp³-hybridized carbons (Fsp3) is 0.838. The Morgan fingerprint density at radius 2 is 1.00 bits per heavy atom. The second kappa shape index (κ2) is 15.1. The Morgan fingerprint density at radius 1 is 0.649 bits per heavy atom. The molecule has 0 N–H and O–H groups in total. The zero-order chi connectivity index (χ0) is 43.1. The molecule has 7 aliphatic rings. The minimum absolute atomic E-state index is 0.00343. The number of allylic oxidation sites excluding steroid dienone is 4. The molecule has 0 unspecified atom stereocenters. The van der Waals surface area contributed by atoms with Crippen molar-refractivity contribution in [2.75, 3.05) is 13.2 Å². The normalized spacial score (nSPS) is 32.8. The molecule has 0 spiro atoms. The molecule has 6 atom stereocenters. The maximum Gasteiger partial charge on any atom is 0.534 e. The first-order chi connectivity index (χ1) is 25.8. The van der Waals surface area contributed by atoms with Crippen molar-refractivity contribution in [3.8, 4) is 0 Å². The van der Waals surface area contributed by atoms with Crippen LogP contribution >= 0.6 is 0 Å². The van der Waals surface area contributed by atoms with Gasteiger partial charge in [0.05, 0.1) is 58.7 Å². The van der Waals surface area contributed by atoms with E-state index in [1.165, 1.54) is 11.5 Å². The van der Waals surface area contributed by atoms with Crippen LogP contribution in [0.1, 0.15) is 110 Å². The molecule has 5 fully saturated rings. The average Bonchev–Trinajstić information content (AvgIpc) is 3.56. The number of fused-ring (bicyclic) bond motifs is 2. The molecule has 0 radical (unpaired) electrons. The third kappa shape index (κ3) is 9.02. The van der Waals surface area contributed by atoms with Gasteiger partial charge in [-0.1, -0.05) is 6.08 Å². The van der Waals surface area contributed by atoms with Crippen LogP contribution in [0.25, 0.3) is 0 Å². The van der Waals surface area contributed by atoms with Crippen molar-refractivity contribution >= 4 is 43.2 Å². The Labute approximate surface area is 336 Å². The molecule has 2 saturated carbocycles. The summed E-state index contributed by atoms with van der Waals surface area (Å²) in [6, 6.07) is 0. The fourth-order valence-electron chi connectivity index (χ4n) is 7.44. The van der Waals surface area contributed by atoms with Crippen molar-refractivity contribution in [2.24, 2.45) is 35.5 Å². The van der Waals surface area contributed by atoms with Crippen LogP contribution in [0.3, 0.4) is 0 Å². The summed E-state index contributed by atoms with van der Waals surface area (Å²) in [5.74, 6) is -0.783. The molecule has 0 aromatic carbocycles. The first-order valence-corrected chi connectivity index (χ1v) is 21.0.